The predicted molar refractivity (Wildman–Crippen MR) is 47.7 cm³/mol. The molecule has 1 aromatic rings. The maximum atomic E-state index is 5.05. The Morgan fingerprint density at radius 3 is 2.73 bits per heavy atom. The lowest BCUT2D eigenvalue weighted by molar-refractivity contribution is 1.26. The molecule has 0 aliphatic carbocycles. The van der Waals surface area contributed by atoms with Gasteiger partial charge in [0.25, 0.3) is 0 Å². The first-order chi connectivity index (χ1) is 5.24. The zero-order chi connectivity index (χ0) is 8.27. The molecule has 0 radical (unpaired) electrons. The van der Waals surface area contributed by atoms with Gasteiger partial charge in [0.05, 0.1) is 6.21 Å². The summed E-state index contributed by atoms with van der Waals surface area (Å²) < 4.78 is 0. The monoisotopic (exact) mass is 148 g/mol. The lowest BCUT2D eigenvalue weighted by Gasteiger charge is -1.99. The fourth-order valence-electron chi connectivity index (χ4n) is 0.979. The molecule has 0 atom stereocenters. The summed E-state index contributed by atoms with van der Waals surface area (Å²) in [6, 6.07) is 6.20. The number of hydrogen-bond acceptors (Lipinski definition) is 2. The minimum absolute atomic E-state index is 1.09. The first-order valence-electron chi connectivity index (χ1n) is 3.54. The van der Waals surface area contributed by atoms with Crippen LogP contribution in [-0.2, 0) is 0 Å². The van der Waals surface area contributed by atoms with Gasteiger partial charge in [0.1, 0.15) is 0 Å². The van der Waals surface area contributed by atoms with Gasteiger partial charge in [-0.05, 0) is 25.0 Å². The molecule has 0 aliphatic rings. The van der Waals surface area contributed by atoms with Gasteiger partial charge in [-0.2, -0.15) is 5.10 Å². The van der Waals surface area contributed by atoms with E-state index < -0.39 is 0 Å². The Kier molecular flexibility index (Phi) is 2.26. The highest BCUT2D eigenvalue weighted by Gasteiger charge is 1.93. The number of nitrogens with zero attached hydrogens (tertiary/aromatic N) is 1. The lowest BCUT2D eigenvalue weighted by atomic mass is 10.1. The highest BCUT2D eigenvalue weighted by atomic mass is 15.1. The maximum Gasteiger partial charge on any atom is 0.0540 e. The Bertz CT molecular complexity index is 277. The second-order valence-electron chi connectivity index (χ2n) is 2.64. The highest BCUT2D eigenvalue weighted by Crippen LogP contribution is 2.07. The third kappa shape index (κ3) is 1.80. The van der Waals surface area contributed by atoms with Crippen LogP contribution in [0.3, 0.4) is 0 Å². The van der Waals surface area contributed by atoms with E-state index in [2.05, 4.69) is 23.3 Å². The summed E-state index contributed by atoms with van der Waals surface area (Å²) in [7, 11) is 0. The summed E-state index contributed by atoms with van der Waals surface area (Å²) in [5.41, 5.74) is 3.52. The molecule has 0 spiro atoms. The van der Waals surface area contributed by atoms with Crippen LogP contribution in [0.4, 0.5) is 0 Å². The molecule has 0 heterocycles. The Morgan fingerprint density at radius 2 is 2.09 bits per heavy atom. The van der Waals surface area contributed by atoms with E-state index in [1.807, 2.05) is 13.8 Å². The molecule has 58 valence electrons. The summed E-state index contributed by atoms with van der Waals surface area (Å²) in [4.78, 5) is 0. The van der Waals surface area contributed by atoms with Gasteiger partial charge in [-0.25, -0.2) is 0 Å². The van der Waals surface area contributed by atoms with E-state index in [1.54, 1.807) is 6.21 Å². The quantitative estimate of drug-likeness (QED) is 0.366. The number of hydrogen-bond donors (Lipinski definition) is 1. The van der Waals surface area contributed by atoms with E-state index in [-0.39, 0.29) is 0 Å². The Morgan fingerprint density at radius 1 is 1.36 bits per heavy atom. The summed E-state index contributed by atoms with van der Waals surface area (Å²) >= 11 is 0. The van der Waals surface area contributed by atoms with Crippen molar-refractivity contribution in [2.45, 2.75) is 13.8 Å². The van der Waals surface area contributed by atoms with Gasteiger partial charge in [0, 0.05) is 0 Å². The zero-order valence-corrected chi connectivity index (χ0v) is 6.83. The molecule has 0 aromatic heterocycles. The van der Waals surface area contributed by atoms with Crippen LogP contribution in [0.25, 0.3) is 0 Å². The van der Waals surface area contributed by atoms with Crippen molar-refractivity contribution in [1.82, 2.24) is 0 Å². The molecule has 0 bridgehead atoms. The third-order valence-electron chi connectivity index (χ3n) is 1.65. The Labute approximate surface area is 66.7 Å². The van der Waals surface area contributed by atoms with Crippen LogP contribution in [0, 0.1) is 13.8 Å². The van der Waals surface area contributed by atoms with Gasteiger partial charge in [0.15, 0.2) is 0 Å². The molecule has 0 aliphatic heterocycles. The molecular weight excluding hydrogens is 136 g/mol. The summed E-state index contributed by atoms with van der Waals surface area (Å²) in [6.07, 6.45) is 1.67. The molecule has 0 saturated heterocycles. The van der Waals surface area contributed by atoms with Crippen LogP contribution in [0.1, 0.15) is 16.7 Å². The number of aryl methyl sites for hydroxylation is 2. The molecule has 2 N–H and O–H groups in total. The topological polar surface area (TPSA) is 38.4 Å². The van der Waals surface area contributed by atoms with Crippen LogP contribution in [0.15, 0.2) is 23.3 Å². The average molecular weight is 148 g/mol. The molecule has 0 amide bonds. The fraction of sp³-hybridized carbons (Fsp3) is 0.222. The van der Waals surface area contributed by atoms with Crippen molar-refractivity contribution in [2.24, 2.45) is 10.9 Å². The second-order valence-corrected chi connectivity index (χ2v) is 2.64. The van der Waals surface area contributed by atoms with Gasteiger partial charge in [-0.1, -0.05) is 23.8 Å². The minimum Gasteiger partial charge on any atom is -0.323 e. The van der Waals surface area contributed by atoms with E-state index >= 15 is 0 Å². The zero-order valence-electron chi connectivity index (χ0n) is 6.83. The molecule has 2 nitrogen and oxygen atoms in total. The maximum absolute atomic E-state index is 5.05. The second kappa shape index (κ2) is 3.19. The minimum atomic E-state index is 1.09. The predicted octanol–water partition coefficient (Wildman–Crippen LogP) is 1.60. The number of hydrazone groups is 1. The first kappa shape index (κ1) is 7.79. The van der Waals surface area contributed by atoms with Crippen LogP contribution in [0.5, 0.6) is 0 Å². The molecule has 2 heteroatoms. The van der Waals surface area contributed by atoms with Gasteiger partial charge in [-0.3, -0.25) is 0 Å². The van der Waals surface area contributed by atoms with Gasteiger partial charge < -0.3 is 5.84 Å². The van der Waals surface area contributed by atoms with Crippen LogP contribution in [-0.4, -0.2) is 6.21 Å². The van der Waals surface area contributed by atoms with E-state index in [0.717, 1.165) is 5.56 Å². The van der Waals surface area contributed by atoms with Crippen LogP contribution < -0.4 is 5.84 Å². The summed E-state index contributed by atoms with van der Waals surface area (Å²) in [5.74, 6) is 5.05. The van der Waals surface area contributed by atoms with Gasteiger partial charge >= 0.3 is 0 Å². The van der Waals surface area contributed by atoms with Crippen molar-refractivity contribution < 1.29 is 0 Å². The molecule has 1 rings (SSSR count). The van der Waals surface area contributed by atoms with Crippen LogP contribution in [0.2, 0.25) is 0 Å². The van der Waals surface area contributed by atoms with E-state index in [9.17, 15) is 0 Å². The SMILES string of the molecule is Cc1ccc(C)c(/C=N/N)c1. The molecule has 1 aromatic carbocycles. The van der Waals surface area contributed by atoms with Gasteiger partial charge in [-0.15, -0.1) is 0 Å². The summed E-state index contributed by atoms with van der Waals surface area (Å²) in [6.45, 7) is 4.09. The van der Waals surface area contributed by atoms with E-state index in [1.165, 1.54) is 11.1 Å². The van der Waals surface area contributed by atoms with Crippen molar-refractivity contribution in [3.05, 3.63) is 34.9 Å². The molecule has 11 heavy (non-hydrogen) atoms. The third-order valence-corrected chi connectivity index (χ3v) is 1.65. The van der Waals surface area contributed by atoms with Crippen molar-refractivity contribution >= 4 is 6.21 Å². The normalized spacial score (nSPS) is 10.7. The average Bonchev–Trinajstić information content (AvgIpc) is 1.98. The van der Waals surface area contributed by atoms with Crippen molar-refractivity contribution in [3.8, 4) is 0 Å². The molecule has 0 fully saturated rings. The highest BCUT2D eigenvalue weighted by molar-refractivity contribution is 5.81. The molecule has 0 saturated carbocycles. The Hall–Kier alpha value is -1.31. The number of benzene rings is 1. The largest absolute Gasteiger partial charge is 0.323 e. The lowest BCUT2D eigenvalue weighted by Crippen LogP contribution is -1.90. The fourth-order valence-corrected chi connectivity index (χ4v) is 0.979. The summed E-state index contributed by atoms with van der Waals surface area (Å²) in [5, 5.41) is 3.48. The van der Waals surface area contributed by atoms with Crippen molar-refractivity contribution in [3.63, 3.8) is 0 Å². The molecular formula is C9H12N2. The van der Waals surface area contributed by atoms with Crippen molar-refractivity contribution in [2.75, 3.05) is 0 Å². The van der Waals surface area contributed by atoms with E-state index in [0.29, 0.717) is 0 Å². The first-order valence-corrected chi connectivity index (χ1v) is 3.54. The van der Waals surface area contributed by atoms with Crippen LogP contribution >= 0.6 is 0 Å². The smallest absolute Gasteiger partial charge is 0.0540 e. The van der Waals surface area contributed by atoms with Gasteiger partial charge in [0.2, 0.25) is 0 Å². The standard InChI is InChI=1S/C9H12N2/c1-7-3-4-8(2)9(5-7)6-11-10/h3-6H,10H2,1-2H3/b11-6+. The van der Waals surface area contributed by atoms with Crippen molar-refractivity contribution in [1.29, 1.82) is 0 Å². The Balaban J connectivity index is 3.12. The van der Waals surface area contributed by atoms with E-state index in [4.69, 9.17) is 5.84 Å². The molecule has 0 unspecified atom stereocenters. The number of rotatable bonds is 1. The number of nitrogens with two attached hydrogens (primary N) is 1.